The van der Waals surface area contributed by atoms with Crippen molar-refractivity contribution in [1.29, 1.82) is 0 Å². The Morgan fingerprint density at radius 3 is 3.00 bits per heavy atom. The minimum atomic E-state index is -0.464. The maximum atomic E-state index is 10.8. The average Bonchev–Trinajstić information content (AvgIpc) is 2.47. The molecular formula is C8H7N3O. The molecule has 12 heavy (non-hydrogen) atoms. The lowest BCUT2D eigenvalue weighted by Gasteiger charge is -1.94. The van der Waals surface area contributed by atoms with Crippen molar-refractivity contribution >= 4 is 11.4 Å². The molecule has 2 aromatic heterocycles. The van der Waals surface area contributed by atoms with Gasteiger partial charge in [0.15, 0.2) is 0 Å². The second-order valence-corrected chi connectivity index (χ2v) is 2.44. The molecule has 2 aromatic rings. The molecular weight excluding hydrogens is 154 g/mol. The van der Waals surface area contributed by atoms with E-state index in [0.29, 0.717) is 5.69 Å². The number of rotatable bonds is 1. The van der Waals surface area contributed by atoms with Crippen molar-refractivity contribution in [2.45, 2.75) is 0 Å². The summed E-state index contributed by atoms with van der Waals surface area (Å²) >= 11 is 0. The standard InChI is InChI=1S/C8H7N3O/c9-8(12)7-4-3-6-2-1-5-10-11(6)7/h1-5H,(H2,9,12). The molecule has 2 heterocycles. The third-order valence-corrected chi connectivity index (χ3v) is 1.67. The van der Waals surface area contributed by atoms with Crippen molar-refractivity contribution in [3.8, 4) is 0 Å². The Kier molecular flexibility index (Phi) is 1.33. The van der Waals surface area contributed by atoms with Crippen LogP contribution in [0.2, 0.25) is 0 Å². The van der Waals surface area contributed by atoms with Gasteiger partial charge in [-0.1, -0.05) is 0 Å². The predicted molar refractivity (Wildman–Crippen MR) is 43.7 cm³/mol. The number of hydrogen-bond acceptors (Lipinski definition) is 2. The van der Waals surface area contributed by atoms with E-state index in [1.165, 1.54) is 4.52 Å². The number of hydrogen-bond donors (Lipinski definition) is 1. The van der Waals surface area contributed by atoms with E-state index in [0.717, 1.165) is 5.52 Å². The zero-order chi connectivity index (χ0) is 8.55. The fourth-order valence-electron chi connectivity index (χ4n) is 1.13. The number of primary amides is 1. The normalized spacial score (nSPS) is 10.3. The Morgan fingerprint density at radius 1 is 1.42 bits per heavy atom. The molecule has 4 nitrogen and oxygen atoms in total. The lowest BCUT2D eigenvalue weighted by Crippen LogP contribution is -2.14. The highest BCUT2D eigenvalue weighted by Gasteiger charge is 2.05. The molecule has 0 aliphatic carbocycles. The van der Waals surface area contributed by atoms with Gasteiger partial charge in [-0.2, -0.15) is 5.10 Å². The molecule has 0 fully saturated rings. The summed E-state index contributed by atoms with van der Waals surface area (Å²) in [4.78, 5) is 10.8. The third-order valence-electron chi connectivity index (χ3n) is 1.67. The Labute approximate surface area is 68.6 Å². The molecule has 0 aromatic carbocycles. The summed E-state index contributed by atoms with van der Waals surface area (Å²) in [5.41, 5.74) is 6.40. The second-order valence-electron chi connectivity index (χ2n) is 2.44. The van der Waals surface area contributed by atoms with Crippen molar-refractivity contribution in [1.82, 2.24) is 9.61 Å². The van der Waals surface area contributed by atoms with Crippen LogP contribution in [0.1, 0.15) is 10.5 Å². The van der Waals surface area contributed by atoms with E-state index in [1.807, 2.05) is 6.07 Å². The lowest BCUT2D eigenvalue weighted by atomic mass is 10.4. The van der Waals surface area contributed by atoms with E-state index >= 15 is 0 Å². The van der Waals surface area contributed by atoms with Crippen LogP contribution >= 0.6 is 0 Å². The summed E-state index contributed by atoms with van der Waals surface area (Å²) in [6.45, 7) is 0. The molecule has 0 saturated heterocycles. The summed E-state index contributed by atoms with van der Waals surface area (Å²) < 4.78 is 1.52. The first-order chi connectivity index (χ1) is 5.79. The van der Waals surface area contributed by atoms with Gasteiger partial charge in [0.2, 0.25) is 0 Å². The van der Waals surface area contributed by atoms with Gasteiger partial charge in [-0.25, -0.2) is 4.52 Å². The zero-order valence-corrected chi connectivity index (χ0v) is 6.27. The minimum absolute atomic E-state index is 0.408. The van der Waals surface area contributed by atoms with Crippen LogP contribution in [0.3, 0.4) is 0 Å². The van der Waals surface area contributed by atoms with E-state index in [4.69, 9.17) is 5.73 Å². The molecule has 2 rings (SSSR count). The van der Waals surface area contributed by atoms with Gasteiger partial charge in [0, 0.05) is 6.20 Å². The molecule has 0 saturated carbocycles. The molecule has 0 aliphatic heterocycles. The summed E-state index contributed by atoms with van der Waals surface area (Å²) in [6, 6.07) is 7.12. The van der Waals surface area contributed by atoms with Crippen LogP contribution in [0.4, 0.5) is 0 Å². The number of nitrogens with zero attached hydrogens (tertiary/aromatic N) is 2. The fourth-order valence-corrected chi connectivity index (χ4v) is 1.13. The molecule has 0 atom stereocenters. The molecule has 0 radical (unpaired) electrons. The number of nitrogens with two attached hydrogens (primary N) is 1. The zero-order valence-electron chi connectivity index (χ0n) is 6.27. The topological polar surface area (TPSA) is 60.4 Å². The van der Waals surface area contributed by atoms with Crippen LogP contribution in [-0.4, -0.2) is 15.5 Å². The fraction of sp³-hybridized carbons (Fsp3) is 0. The summed E-state index contributed by atoms with van der Waals surface area (Å²) in [5.74, 6) is -0.464. The van der Waals surface area contributed by atoms with Gasteiger partial charge < -0.3 is 5.73 Å². The van der Waals surface area contributed by atoms with Gasteiger partial charge in [-0.05, 0) is 24.3 Å². The SMILES string of the molecule is NC(=O)c1ccc2cccnn12. The van der Waals surface area contributed by atoms with E-state index in [2.05, 4.69) is 5.10 Å². The Morgan fingerprint density at radius 2 is 2.25 bits per heavy atom. The number of carbonyl (C=O) groups excluding carboxylic acids is 1. The number of aromatic nitrogens is 2. The van der Waals surface area contributed by atoms with Gasteiger partial charge in [-0.15, -0.1) is 0 Å². The van der Waals surface area contributed by atoms with Gasteiger partial charge in [0.05, 0.1) is 5.52 Å². The molecule has 4 heteroatoms. The van der Waals surface area contributed by atoms with Crippen molar-refractivity contribution in [3.63, 3.8) is 0 Å². The first-order valence-electron chi connectivity index (χ1n) is 3.51. The Hall–Kier alpha value is -1.84. The highest BCUT2D eigenvalue weighted by atomic mass is 16.1. The third kappa shape index (κ3) is 0.852. The molecule has 0 spiro atoms. The molecule has 0 bridgehead atoms. The number of fused-ring (bicyclic) bond motifs is 1. The molecule has 60 valence electrons. The number of amides is 1. The van der Waals surface area contributed by atoms with Crippen LogP contribution in [0.25, 0.3) is 5.52 Å². The molecule has 0 unspecified atom stereocenters. The summed E-state index contributed by atoms with van der Waals surface area (Å²) in [5, 5.41) is 3.98. The minimum Gasteiger partial charge on any atom is -0.364 e. The van der Waals surface area contributed by atoms with Crippen LogP contribution in [0.5, 0.6) is 0 Å². The highest BCUT2D eigenvalue weighted by Crippen LogP contribution is 2.06. The van der Waals surface area contributed by atoms with Crippen molar-refractivity contribution in [2.75, 3.05) is 0 Å². The van der Waals surface area contributed by atoms with Gasteiger partial charge in [0.25, 0.3) is 5.91 Å². The maximum absolute atomic E-state index is 10.8. The van der Waals surface area contributed by atoms with Gasteiger partial charge in [-0.3, -0.25) is 4.79 Å². The predicted octanol–water partition coefficient (Wildman–Crippen LogP) is 0.433. The maximum Gasteiger partial charge on any atom is 0.267 e. The van der Waals surface area contributed by atoms with Crippen LogP contribution in [-0.2, 0) is 0 Å². The van der Waals surface area contributed by atoms with Crippen LogP contribution in [0.15, 0.2) is 30.5 Å². The molecule has 1 amide bonds. The van der Waals surface area contributed by atoms with Crippen molar-refractivity contribution < 1.29 is 4.79 Å². The lowest BCUT2D eigenvalue weighted by molar-refractivity contribution is 0.0993. The quantitative estimate of drug-likeness (QED) is 0.659. The van der Waals surface area contributed by atoms with E-state index in [-0.39, 0.29) is 0 Å². The van der Waals surface area contributed by atoms with Crippen LogP contribution in [0, 0.1) is 0 Å². The van der Waals surface area contributed by atoms with E-state index in [1.54, 1.807) is 24.4 Å². The summed E-state index contributed by atoms with van der Waals surface area (Å²) in [6.07, 6.45) is 1.61. The average molecular weight is 161 g/mol. The van der Waals surface area contributed by atoms with Crippen LogP contribution < -0.4 is 5.73 Å². The Balaban J connectivity index is 2.79. The van der Waals surface area contributed by atoms with Crippen molar-refractivity contribution in [2.24, 2.45) is 5.73 Å². The van der Waals surface area contributed by atoms with Gasteiger partial charge >= 0.3 is 0 Å². The van der Waals surface area contributed by atoms with E-state index in [9.17, 15) is 4.79 Å². The highest BCUT2D eigenvalue weighted by molar-refractivity contribution is 5.92. The second kappa shape index (κ2) is 2.34. The first kappa shape index (κ1) is 6.84. The van der Waals surface area contributed by atoms with Crippen molar-refractivity contribution in [3.05, 3.63) is 36.2 Å². The van der Waals surface area contributed by atoms with E-state index < -0.39 is 5.91 Å². The largest absolute Gasteiger partial charge is 0.364 e. The first-order valence-corrected chi connectivity index (χ1v) is 3.51. The monoisotopic (exact) mass is 161 g/mol. The molecule has 0 aliphatic rings. The number of carbonyl (C=O) groups is 1. The summed E-state index contributed by atoms with van der Waals surface area (Å²) in [7, 11) is 0. The Bertz CT molecular complexity index is 433. The van der Waals surface area contributed by atoms with Gasteiger partial charge in [0.1, 0.15) is 5.69 Å². The molecule has 2 N–H and O–H groups in total. The smallest absolute Gasteiger partial charge is 0.267 e.